The van der Waals surface area contributed by atoms with E-state index >= 15 is 0 Å². The van der Waals surface area contributed by atoms with Crippen LogP contribution in [0.4, 0.5) is 5.95 Å². The van der Waals surface area contributed by atoms with E-state index in [9.17, 15) is 4.79 Å². The van der Waals surface area contributed by atoms with Gasteiger partial charge in [0.15, 0.2) is 10.8 Å². The van der Waals surface area contributed by atoms with Gasteiger partial charge in [0.1, 0.15) is 5.52 Å². The first-order valence-electron chi connectivity index (χ1n) is 7.49. The van der Waals surface area contributed by atoms with Crippen LogP contribution in [0, 0.1) is 0 Å². The van der Waals surface area contributed by atoms with Crippen molar-refractivity contribution in [2.45, 2.75) is 25.2 Å². The maximum Gasteiger partial charge on any atom is 0.253 e. The van der Waals surface area contributed by atoms with Crippen molar-refractivity contribution in [1.82, 2.24) is 29.4 Å². The molecule has 0 bridgehead atoms. The van der Waals surface area contributed by atoms with Crippen molar-refractivity contribution in [3.63, 3.8) is 0 Å². The van der Waals surface area contributed by atoms with Gasteiger partial charge in [0.05, 0.1) is 24.0 Å². The summed E-state index contributed by atoms with van der Waals surface area (Å²) in [5, 5.41) is 3.78. The summed E-state index contributed by atoms with van der Waals surface area (Å²) in [4.78, 5) is 25.2. The number of fused-ring (bicyclic) bond motifs is 1. The highest BCUT2D eigenvalue weighted by atomic mass is 32.2. The third kappa shape index (κ3) is 2.82. The number of imidazole rings is 2. The number of nitrogens with one attached hydrogen (secondary N) is 1. The molecule has 0 unspecified atom stereocenters. The lowest BCUT2D eigenvalue weighted by atomic mass is 10.2. The van der Waals surface area contributed by atoms with Crippen LogP contribution in [0.15, 0.2) is 23.6 Å². The molecule has 0 aliphatic heterocycles. The smallest absolute Gasteiger partial charge is 0.253 e. The molecule has 8 nitrogen and oxygen atoms in total. The molecular weight excluding hydrogens is 326 g/mol. The molecule has 3 heterocycles. The number of carbonyl (C=O) groups excluding carboxylic acids is 1. The molecule has 3 aromatic rings. The number of aryl methyl sites for hydroxylation is 1. The van der Waals surface area contributed by atoms with Gasteiger partial charge in [-0.15, -0.1) is 0 Å². The minimum atomic E-state index is -0.207. The number of aromatic nitrogens is 5. The maximum atomic E-state index is 12.4. The average Bonchev–Trinajstić information content (AvgIpc) is 3.10. The molecule has 24 heavy (non-hydrogen) atoms. The summed E-state index contributed by atoms with van der Waals surface area (Å²) < 4.78 is 3.76. The zero-order chi connectivity index (χ0) is 17.3. The number of rotatable bonds is 5. The Kier molecular flexibility index (Phi) is 4.43. The van der Waals surface area contributed by atoms with Crippen LogP contribution in [0.3, 0.4) is 0 Å². The third-order valence-electron chi connectivity index (χ3n) is 3.85. The Hall–Kier alpha value is -2.55. The lowest BCUT2D eigenvalue weighted by Gasteiger charge is -2.07. The van der Waals surface area contributed by atoms with Crippen molar-refractivity contribution >= 4 is 34.8 Å². The lowest BCUT2D eigenvalue weighted by Crippen LogP contribution is -2.24. The Morgan fingerprint density at radius 2 is 2.17 bits per heavy atom. The van der Waals surface area contributed by atoms with Gasteiger partial charge in [-0.05, 0) is 19.2 Å². The van der Waals surface area contributed by atoms with Gasteiger partial charge in [0.2, 0.25) is 5.95 Å². The van der Waals surface area contributed by atoms with E-state index in [4.69, 9.17) is 5.73 Å². The van der Waals surface area contributed by atoms with Crippen LogP contribution in [0.5, 0.6) is 0 Å². The quantitative estimate of drug-likeness (QED) is 0.678. The van der Waals surface area contributed by atoms with Crippen LogP contribution < -0.4 is 11.1 Å². The summed E-state index contributed by atoms with van der Waals surface area (Å²) in [6, 6.07) is 1.71. The van der Waals surface area contributed by atoms with Gasteiger partial charge < -0.3 is 15.6 Å². The number of nitrogen functional groups attached to an aromatic ring is 1. The van der Waals surface area contributed by atoms with Crippen molar-refractivity contribution < 1.29 is 4.79 Å². The molecule has 3 aromatic heterocycles. The Morgan fingerprint density at radius 3 is 2.83 bits per heavy atom. The number of hydrogen-bond donors (Lipinski definition) is 2. The van der Waals surface area contributed by atoms with E-state index in [0.29, 0.717) is 35.8 Å². The van der Waals surface area contributed by atoms with E-state index in [1.165, 1.54) is 0 Å². The summed E-state index contributed by atoms with van der Waals surface area (Å²) in [6.07, 6.45) is 5.27. The summed E-state index contributed by atoms with van der Waals surface area (Å²) in [7, 11) is 1.92. The number of amides is 1. The van der Waals surface area contributed by atoms with Crippen molar-refractivity contribution in [2.75, 3.05) is 12.0 Å². The largest absolute Gasteiger partial charge is 0.369 e. The molecule has 0 saturated carbocycles. The molecule has 0 spiro atoms. The van der Waals surface area contributed by atoms with E-state index in [1.807, 2.05) is 24.8 Å². The Bertz CT molecular complexity index is 899. The molecule has 3 rings (SSSR count). The first kappa shape index (κ1) is 16.3. The number of thioether (sulfide) groups is 1. The SMILES string of the molecule is CCn1c(N)nc2cc(C(=O)NCc3cnc(SC)n3C)cnc21. The normalized spacial score (nSPS) is 11.1. The van der Waals surface area contributed by atoms with E-state index in [1.54, 1.807) is 34.8 Å². The topological polar surface area (TPSA) is 104 Å². The third-order valence-corrected chi connectivity index (χ3v) is 4.59. The number of nitrogens with two attached hydrogens (primary N) is 1. The standard InChI is InChI=1S/C15H19N7OS/c1-4-22-12-11(20-14(22)16)5-9(6-17-12)13(23)18-7-10-8-19-15(24-3)21(10)2/h5-6,8H,4,7H2,1-3H3,(H2,16,20)(H,18,23). The highest BCUT2D eigenvalue weighted by Gasteiger charge is 2.13. The molecule has 0 radical (unpaired) electrons. The van der Waals surface area contributed by atoms with E-state index in [2.05, 4.69) is 20.3 Å². The van der Waals surface area contributed by atoms with Gasteiger partial charge in [-0.1, -0.05) is 11.8 Å². The number of hydrogen-bond acceptors (Lipinski definition) is 6. The summed E-state index contributed by atoms with van der Waals surface area (Å²) in [5.41, 5.74) is 8.54. The van der Waals surface area contributed by atoms with Crippen LogP contribution in [0.2, 0.25) is 0 Å². The molecule has 0 aliphatic rings. The van der Waals surface area contributed by atoms with Crippen molar-refractivity contribution in [2.24, 2.45) is 7.05 Å². The molecule has 0 fully saturated rings. The van der Waals surface area contributed by atoms with E-state index in [-0.39, 0.29) is 5.91 Å². The van der Waals surface area contributed by atoms with Crippen molar-refractivity contribution in [3.05, 3.63) is 29.7 Å². The minimum absolute atomic E-state index is 0.207. The monoisotopic (exact) mass is 345 g/mol. The summed E-state index contributed by atoms with van der Waals surface area (Å²) in [5.74, 6) is 0.193. The summed E-state index contributed by atoms with van der Waals surface area (Å²) >= 11 is 1.56. The second-order valence-electron chi connectivity index (χ2n) is 5.26. The van der Waals surface area contributed by atoms with Gasteiger partial charge in [-0.25, -0.2) is 15.0 Å². The van der Waals surface area contributed by atoms with E-state index in [0.717, 1.165) is 10.9 Å². The van der Waals surface area contributed by atoms with Crippen LogP contribution in [-0.2, 0) is 20.1 Å². The fourth-order valence-electron chi connectivity index (χ4n) is 2.52. The zero-order valence-corrected chi connectivity index (χ0v) is 14.6. The predicted molar refractivity (Wildman–Crippen MR) is 93.8 cm³/mol. The molecule has 0 saturated heterocycles. The summed E-state index contributed by atoms with van der Waals surface area (Å²) in [6.45, 7) is 3.04. The molecule has 1 amide bonds. The first-order chi connectivity index (χ1) is 11.5. The molecule has 0 aromatic carbocycles. The number of pyridine rings is 1. The van der Waals surface area contributed by atoms with Gasteiger partial charge in [0, 0.05) is 19.8 Å². The first-order valence-corrected chi connectivity index (χ1v) is 8.72. The fraction of sp³-hybridized carbons (Fsp3) is 0.333. The minimum Gasteiger partial charge on any atom is -0.369 e. The molecule has 0 aliphatic carbocycles. The van der Waals surface area contributed by atoms with Crippen molar-refractivity contribution in [3.8, 4) is 0 Å². The molecule has 0 atom stereocenters. The molecule has 3 N–H and O–H groups in total. The number of nitrogens with zero attached hydrogens (tertiary/aromatic N) is 5. The van der Waals surface area contributed by atoms with Gasteiger partial charge in [-0.3, -0.25) is 9.36 Å². The van der Waals surface area contributed by atoms with E-state index < -0.39 is 0 Å². The van der Waals surface area contributed by atoms with Crippen LogP contribution in [0.1, 0.15) is 23.0 Å². The average molecular weight is 345 g/mol. The van der Waals surface area contributed by atoms with Crippen LogP contribution >= 0.6 is 11.8 Å². The predicted octanol–water partition coefficient (Wildman–Crippen LogP) is 1.42. The fourth-order valence-corrected chi connectivity index (χ4v) is 3.07. The Labute approximate surface area is 143 Å². The molecule has 126 valence electrons. The number of anilines is 1. The Balaban J connectivity index is 1.77. The lowest BCUT2D eigenvalue weighted by molar-refractivity contribution is 0.0950. The molecule has 9 heteroatoms. The molecular formula is C15H19N7OS. The second-order valence-corrected chi connectivity index (χ2v) is 6.03. The highest BCUT2D eigenvalue weighted by molar-refractivity contribution is 7.98. The Morgan fingerprint density at radius 1 is 1.38 bits per heavy atom. The van der Waals surface area contributed by atoms with Crippen molar-refractivity contribution in [1.29, 1.82) is 0 Å². The zero-order valence-electron chi connectivity index (χ0n) is 13.8. The second kappa shape index (κ2) is 6.52. The van der Waals surface area contributed by atoms with Gasteiger partial charge >= 0.3 is 0 Å². The highest BCUT2D eigenvalue weighted by Crippen LogP contribution is 2.17. The van der Waals surface area contributed by atoms with Crippen LogP contribution in [0.25, 0.3) is 11.2 Å². The van der Waals surface area contributed by atoms with Crippen LogP contribution in [-0.4, -0.2) is 36.2 Å². The number of carbonyl (C=O) groups is 1. The van der Waals surface area contributed by atoms with Gasteiger partial charge in [0.25, 0.3) is 5.91 Å². The van der Waals surface area contributed by atoms with Gasteiger partial charge in [-0.2, -0.15) is 0 Å². The maximum absolute atomic E-state index is 12.4.